The second-order valence-electron chi connectivity index (χ2n) is 3.45. The summed E-state index contributed by atoms with van der Waals surface area (Å²) in [7, 11) is 1.21. The van der Waals surface area contributed by atoms with E-state index in [-0.39, 0.29) is 17.7 Å². The molecular formula is C11H13BrO5. The van der Waals surface area contributed by atoms with E-state index in [1.165, 1.54) is 13.2 Å². The second kappa shape index (κ2) is 6.00. The Morgan fingerprint density at radius 3 is 2.71 bits per heavy atom. The average Bonchev–Trinajstić information content (AvgIpc) is 2.33. The summed E-state index contributed by atoms with van der Waals surface area (Å²) in [5.74, 6) is -0.909. The van der Waals surface area contributed by atoms with Crippen molar-refractivity contribution in [3.63, 3.8) is 0 Å². The van der Waals surface area contributed by atoms with Crippen LogP contribution in [0, 0.1) is 0 Å². The van der Waals surface area contributed by atoms with Crippen molar-refractivity contribution in [2.45, 2.75) is 12.5 Å². The molecule has 17 heavy (non-hydrogen) atoms. The molecule has 1 rings (SSSR count). The van der Waals surface area contributed by atoms with Gasteiger partial charge in [-0.05, 0) is 12.1 Å². The molecule has 3 N–H and O–H groups in total. The van der Waals surface area contributed by atoms with Crippen molar-refractivity contribution in [1.82, 2.24) is 0 Å². The van der Waals surface area contributed by atoms with Crippen molar-refractivity contribution in [2.75, 3.05) is 13.7 Å². The average molecular weight is 305 g/mol. The molecule has 1 unspecified atom stereocenters. The van der Waals surface area contributed by atoms with E-state index >= 15 is 0 Å². The highest BCUT2D eigenvalue weighted by atomic mass is 79.9. The monoisotopic (exact) mass is 304 g/mol. The summed E-state index contributed by atoms with van der Waals surface area (Å²) in [4.78, 5) is 11.3. The van der Waals surface area contributed by atoms with Crippen molar-refractivity contribution >= 4 is 21.9 Å². The maximum absolute atomic E-state index is 11.3. The lowest BCUT2D eigenvalue weighted by atomic mass is 10.0. The van der Waals surface area contributed by atoms with Crippen LogP contribution in [0.1, 0.15) is 15.9 Å². The lowest BCUT2D eigenvalue weighted by Gasteiger charge is -2.13. The van der Waals surface area contributed by atoms with Gasteiger partial charge in [-0.25, -0.2) is 4.79 Å². The zero-order valence-electron chi connectivity index (χ0n) is 9.18. The number of rotatable bonds is 4. The Labute approximate surface area is 107 Å². The lowest BCUT2D eigenvalue weighted by molar-refractivity contribution is 0.0596. The predicted octanol–water partition coefficient (Wildman–Crippen LogP) is 0.837. The van der Waals surface area contributed by atoms with Gasteiger partial charge in [-0.2, -0.15) is 0 Å². The van der Waals surface area contributed by atoms with Crippen LogP contribution >= 0.6 is 15.9 Å². The number of hydrogen-bond acceptors (Lipinski definition) is 5. The van der Waals surface area contributed by atoms with Gasteiger partial charge in [0.15, 0.2) is 0 Å². The zero-order valence-corrected chi connectivity index (χ0v) is 10.8. The summed E-state index contributed by atoms with van der Waals surface area (Å²) in [6, 6.07) is 2.99. The van der Waals surface area contributed by atoms with Crippen molar-refractivity contribution < 1.29 is 24.9 Å². The first-order chi connectivity index (χ1) is 8.01. The first-order valence-electron chi connectivity index (χ1n) is 4.88. The Balaban J connectivity index is 3.15. The Bertz CT molecular complexity index is 419. The Hall–Kier alpha value is -1.11. The number of carbonyl (C=O) groups is 1. The summed E-state index contributed by atoms with van der Waals surface area (Å²) in [5, 5.41) is 28.0. The summed E-state index contributed by atoms with van der Waals surface area (Å²) < 4.78 is 5.07. The number of aliphatic hydroxyl groups excluding tert-OH is 2. The summed E-state index contributed by atoms with van der Waals surface area (Å²) in [5.41, 5.74) is 0.380. The minimum Gasteiger partial charge on any atom is -0.507 e. The zero-order chi connectivity index (χ0) is 13.0. The maximum Gasteiger partial charge on any atom is 0.341 e. The largest absolute Gasteiger partial charge is 0.507 e. The first-order valence-corrected chi connectivity index (χ1v) is 5.68. The van der Waals surface area contributed by atoms with E-state index in [0.717, 1.165) is 0 Å². The van der Waals surface area contributed by atoms with Crippen LogP contribution in [0.15, 0.2) is 16.6 Å². The van der Waals surface area contributed by atoms with Crippen LogP contribution in [-0.2, 0) is 11.2 Å². The SMILES string of the molecule is COC(=O)c1ccc(Br)c(CC(O)CO)c1O. The van der Waals surface area contributed by atoms with E-state index in [2.05, 4.69) is 20.7 Å². The van der Waals surface area contributed by atoms with Gasteiger partial charge >= 0.3 is 5.97 Å². The Morgan fingerprint density at radius 2 is 2.18 bits per heavy atom. The molecule has 0 radical (unpaired) electrons. The van der Waals surface area contributed by atoms with E-state index in [9.17, 15) is 15.0 Å². The minimum atomic E-state index is -0.995. The first kappa shape index (κ1) is 14.0. The molecular weight excluding hydrogens is 292 g/mol. The summed E-state index contributed by atoms with van der Waals surface area (Å²) in [6.45, 7) is -0.422. The molecule has 1 atom stereocenters. The van der Waals surface area contributed by atoms with Gasteiger partial charge in [-0.1, -0.05) is 15.9 Å². The second-order valence-corrected chi connectivity index (χ2v) is 4.31. The fourth-order valence-electron chi connectivity index (χ4n) is 1.38. The molecule has 0 saturated heterocycles. The molecule has 0 spiro atoms. The van der Waals surface area contributed by atoms with Gasteiger partial charge in [0, 0.05) is 16.5 Å². The third-order valence-corrected chi connectivity index (χ3v) is 3.02. The van der Waals surface area contributed by atoms with Crippen LogP contribution in [-0.4, -0.2) is 41.1 Å². The van der Waals surface area contributed by atoms with Crippen molar-refractivity contribution in [3.05, 3.63) is 27.7 Å². The number of aliphatic hydroxyl groups is 2. The molecule has 0 aliphatic carbocycles. The highest BCUT2D eigenvalue weighted by molar-refractivity contribution is 9.10. The quantitative estimate of drug-likeness (QED) is 0.718. The van der Waals surface area contributed by atoms with E-state index in [0.29, 0.717) is 10.0 Å². The number of esters is 1. The normalized spacial score (nSPS) is 12.2. The number of halogens is 1. The van der Waals surface area contributed by atoms with Crippen molar-refractivity contribution in [2.24, 2.45) is 0 Å². The molecule has 0 aliphatic rings. The van der Waals surface area contributed by atoms with Crippen LogP contribution in [0.25, 0.3) is 0 Å². The molecule has 0 saturated carbocycles. The van der Waals surface area contributed by atoms with Crippen molar-refractivity contribution in [1.29, 1.82) is 0 Å². The molecule has 94 valence electrons. The number of methoxy groups -OCH3 is 1. The summed E-state index contributed by atoms with van der Waals surface area (Å²) >= 11 is 3.21. The van der Waals surface area contributed by atoms with Gasteiger partial charge in [0.2, 0.25) is 0 Å². The molecule has 0 fully saturated rings. The van der Waals surface area contributed by atoms with Gasteiger partial charge in [0.05, 0.1) is 19.8 Å². The minimum absolute atomic E-state index is 0.0239. The highest BCUT2D eigenvalue weighted by Gasteiger charge is 2.19. The number of phenolic OH excluding ortho intramolecular Hbond substituents is 1. The van der Waals surface area contributed by atoms with Gasteiger partial charge in [-0.3, -0.25) is 0 Å². The van der Waals surface area contributed by atoms with Crippen LogP contribution in [0.5, 0.6) is 5.75 Å². The van der Waals surface area contributed by atoms with Crippen LogP contribution in [0.2, 0.25) is 0 Å². The maximum atomic E-state index is 11.3. The molecule has 0 amide bonds. The van der Waals surface area contributed by atoms with Gasteiger partial charge < -0.3 is 20.1 Å². The highest BCUT2D eigenvalue weighted by Crippen LogP contribution is 2.31. The molecule has 1 aromatic rings. The number of benzene rings is 1. The number of hydrogen-bond donors (Lipinski definition) is 3. The fourth-order valence-corrected chi connectivity index (χ4v) is 1.86. The Kier molecular flexibility index (Phi) is 4.92. The lowest BCUT2D eigenvalue weighted by Crippen LogP contribution is -2.16. The third-order valence-electron chi connectivity index (χ3n) is 2.28. The molecule has 0 aromatic heterocycles. The number of phenols is 1. The fraction of sp³-hybridized carbons (Fsp3) is 0.364. The summed E-state index contributed by atoms with van der Waals surface area (Å²) in [6.07, 6.45) is -0.960. The van der Waals surface area contributed by atoms with Crippen LogP contribution < -0.4 is 0 Å². The van der Waals surface area contributed by atoms with E-state index < -0.39 is 18.7 Å². The molecule has 0 heterocycles. The van der Waals surface area contributed by atoms with E-state index in [1.54, 1.807) is 6.07 Å². The van der Waals surface area contributed by atoms with Gasteiger partial charge in [-0.15, -0.1) is 0 Å². The van der Waals surface area contributed by atoms with Gasteiger partial charge in [0.1, 0.15) is 11.3 Å². The molecule has 5 nitrogen and oxygen atoms in total. The smallest absolute Gasteiger partial charge is 0.341 e. The number of carbonyl (C=O) groups excluding carboxylic acids is 1. The van der Waals surface area contributed by atoms with Crippen LogP contribution in [0.4, 0.5) is 0 Å². The standard InChI is InChI=1S/C11H13BrO5/c1-17-11(16)7-2-3-9(12)8(10(7)15)4-6(14)5-13/h2-3,6,13-15H,4-5H2,1H3. The van der Waals surface area contributed by atoms with E-state index in [4.69, 9.17) is 5.11 Å². The van der Waals surface area contributed by atoms with Crippen LogP contribution in [0.3, 0.4) is 0 Å². The molecule has 0 bridgehead atoms. The third kappa shape index (κ3) is 3.18. The predicted molar refractivity (Wildman–Crippen MR) is 63.9 cm³/mol. The molecule has 0 aliphatic heterocycles. The number of ether oxygens (including phenoxy) is 1. The molecule has 1 aromatic carbocycles. The Morgan fingerprint density at radius 1 is 1.53 bits per heavy atom. The topological polar surface area (TPSA) is 87.0 Å². The number of aromatic hydroxyl groups is 1. The van der Waals surface area contributed by atoms with E-state index in [1.807, 2.05) is 0 Å². The van der Waals surface area contributed by atoms with Gasteiger partial charge in [0.25, 0.3) is 0 Å². The van der Waals surface area contributed by atoms with Crippen molar-refractivity contribution in [3.8, 4) is 5.75 Å². The molecule has 6 heteroatoms.